The molecule has 0 aromatic rings. The van der Waals surface area contributed by atoms with E-state index >= 15 is 0 Å². The topological polar surface area (TPSA) is 54.0 Å². The fourth-order valence-electron chi connectivity index (χ4n) is 0.898. The van der Waals surface area contributed by atoms with Crippen molar-refractivity contribution >= 4 is 7.82 Å². The minimum absolute atomic E-state index is 0.155. The van der Waals surface area contributed by atoms with Crippen molar-refractivity contribution in [3.8, 4) is 0 Å². The molecule has 78 valence electrons. The van der Waals surface area contributed by atoms with Gasteiger partial charge in [-0.1, -0.05) is 0 Å². The van der Waals surface area contributed by atoms with Gasteiger partial charge in [0, 0.05) is 6.61 Å². The molecule has 1 aliphatic heterocycles. The molecule has 1 rings (SSSR count). The van der Waals surface area contributed by atoms with E-state index in [0.29, 0.717) is 19.8 Å². The number of rotatable bonds is 5. The van der Waals surface area contributed by atoms with Crippen LogP contribution < -0.4 is 0 Å². The van der Waals surface area contributed by atoms with Crippen LogP contribution in [0.5, 0.6) is 0 Å². The molecule has 2 atom stereocenters. The molecule has 0 radical (unpaired) electrons. The summed E-state index contributed by atoms with van der Waals surface area (Å²) in [6, 6.07) is 0. The molecule has 0 saturated carbocycles. The first-order chi connectivity index (χ1) is 6.16. The first-order valence-electron chi connectivity index (χ1n) is 4.31. The number of hydrogen-bond acceptors (Lipinski definition) is 5. The minimum atomic E-state index is -3.25. The Labute approximate surface area is 77.9 Å². The van der Waals surface area contributed by atoms with Gasteiger partial charge in [-0.3, -0.25) is 13.6 Å². The van der Waals surface area contributed by atoms with Gasteiger partial charge in [-0.25, -0.2) is 4.57 Å². The first-order valence-corrected chi connectivity index (χ1v) is 5.77. The normalized spacial score (nSPS) is 33.8. The lowest BCUT2D eigenvalue weighted by molar-refractivity contribution is 0.0905. The SMILES string of the molecule is CCOCCOP1(=O)OCC(C)O1. The van der Waals surface area contributed by atoms with Crippen LogP contribution in [0, 0.1) is 0 Å². The Balaban J connectivity index is 2.17. The molecule has 1 heterocycles. The molecule has 0 N–H and O–H groups in total. The zero-order valence-corrected chi connectivity index (χ0v) is 8.79. The van der Waals surface area contributed by atoms with Crippen LogP contribution in [0.2, 0.25) is 0 Å². The van der Waals surface area contributed by atoms with E-state index in [1.807, 2.05) is 6.92 Å². The maximum atomic E-state index is 11.5. The highest BCUT2D eigenvalue weighted by Gasteiger charge is 2.36. The van der Waals surface area contributed by atoms with Crippen LogP contribution in [-0.2, 0) is 22.9 Å². The van der Waals surface area contributed by atoms with Crippen LogP contribution >= 0.6 is 7.82 Å². The highest BCUT2D eigenvalue weighted by atomic mass is 31.2. The van der Waals surface area contributed by atoms with Crippen molar-refractivity contribution in [1.82, 2.24) is 0 Å². The van der Waals surface area contributed by atoms with E-state index in [1.54, 1.807) is 6.92 Å². The van der Waals surface area contributed by atoms with Crippen LogP contribution in [-0.4, -0.2) is 32.5 Å². The van der Waals surface area contributed by atoms with Crippen LogP contribution in [0.15, 0.2) is 0 Å². The second kappa shape index (κ2) is 5.08. The van der Waals surface area contributed by atoms with E-state index in [1.165, 1.54) is 0 Å². The van der Waals surface area contributed by atoms with Crippen molar-refractivity contribution < 1.29 is 22.9 Å². The van der Waals surface area contributed by atoms with Gasteiger partial charge in [0.05, 0.1) is 25.9 Å². The van der Waals surface area contributed by atoms with Crippen molar-refractivity contribution in [1.29, 1.82) is 0 Å². The average molecular weight is 210 g/mol. The number of hydrogen-bond donors (Lipinski definition) is 0. The standard InChI is InChI=1S/C7H15O5P/c1-3-9-4-5-10-13(8)11-6-7(2)12-13/h7H,3-6H2,1-2H3. The maximum Gasteiger partial charge on any atom is 0.475 e. The third-order valence-corrected chi connectivity index (χ3v) is 3.04. The Morgan fingerprint density at radius 3 is 2.85 bits per heavy atom. The van der Waals surface area contributed by atoms with Crippen molar-refractivity contribution in [2.24, 2.45) is 0 Å². The third kappa shape index (κ3) is 3.75. The maximum absolute atomic E-state index is 11.5. The van der Waals surface area contributed by atoms with Crippen LogP contribution in [0.4, 0.5) is 0 Å². The van der Waals surface area contributed by atoms with Crippen LogP contribution in [0.25, 0.3) is 0 Å². The molecular formula is C7H15O5P. The summed E-state index contributed by atoms with van der Waals surface area (Å²) < 4.78 is 31.3. The van der Waals surface area contributed by atoms with Gasteiger partial charge in [-0.2, -0.15) is 0 Å². The molecule has 6 heteroatoms. The summed E-state index contributed by atoms with van der Waals surface area (Å²) in [6.07, 6.45) is -0.155. The quantitative estimate of drug-likeness (QED) is 0.509. The van der Waals surface area contributed by atoms with Crippen molar-refractivity contribution in [2.75, 3.05) is 26.4 Å². The fraction of sp³-hybridized carbons (Fsp3) is 1.00. The molecule has 1 aliphatic rings. The van der Waals surface area contributed by atoms with Gasteiger partial charge >= 0.3 is 7.82 Å². The predicted octanol–water partition coefficient (Wildman–Crippen LogP) is 1.58. The summed E-state index contributed by atoms with van der Waals surface area (Å²) in [5, 5.41) is 0. The van der Waals surface area contributed by atoms with E-state index in [4.69, 9.17) is 18.3 Å². The Bertz CT molecular complexity index is 195. The summed E-state index contributed by atoms with van der Waals surface area (Å²) in [7, 11) is -3.25. The summed E-state index contributed by atoms with van der Waals surface area (Å²) >= 11 is 0. The zero-order valence-electron chi connectivity index (χ0n) is 7.89. The Hall–Kier alpha value is 0.0700. The fourth-order valence-corrected chi connectivity index (χ4v) is 2.29. The van der Waals surface area contributed by atoms with E-state index < -0.39 is 7.82 Å². The van der Waals surface area contributed by atoms with E-state index in [2.05, 4.69) is 0 Å². The molecule has 0 bridgehead atoms. The summed E-state index contributed by atoms with van der Waals surface area (Å²) in [5.41, 5.74) is 0. The summed E-state index contributed by atoms with van der Waals surface area (Å²) in [5.74, 6) is 0. The molecule has 0 aromatic heterocycles. The molecule has 0 aliphatic carbocycles. The van der Waals surface area contributed by atoms with Crippen LogP contribution in [0.1, 0.15) is 13.8 Å². The van der Waals surface area contributed by atoms with E-state index in [9.17, 15) is 4.57 Å². The minimum Gasteiger partial charge on any atom is -0.379 e. The zero-order chi connectivity index (χ0) is 9.73. The van der Waals surface area contributed by atoms with Gasteiger partial charge in [-0.15, -0.1) is 0 Å². The van der Waals surface area contributed by atoms with Gasteiger partial charge in [0.25, 0.3) is 0 Å². The highest BCUT2D eigenvalue weighted by Crippen LogP contribution is 2.54. The average Bonchev–Trinajstić information content (AvgIpc) is 2.41. The molecule has 0 amide bonds. The Morgan fingerprint density at radius 1 is 1.54 bits per heavy atom. The predicted molar refractivity (Wildman–Crippen MR) is 46.6 cm³/mol. The highest BCUT2D eigenvalue weighted by molar-refractivity contribution is 7.48. The van der Waals surface area contributed by atoms with Crippen LogP contribution in [0.3, 0.4) is 0 Å². The second-order valence-corrected chi connectivity index (χ2v) is 4.31. The van der Waals surface area contributed by atoms with Crippen molar-refractivity contribution in [3.05, 3.63) is 0 Å². The molecule has 13 heavy (non-hydrogen) atoms. The molecule has 0 aromatic carbocycles. The van der Waals surface area contributed by atoms with E-state index in [0.717, 1.165) is 0 Å². The molecule has 2 unspecified atom stereocenters. The number of phosphoric ester groups is 1. The van der Waals surface area contributed by atoms with Gasteiger partial charge in [0.15, 0.2) is 0 Å². The smallest absolute Gasteiger partial charge is 0.379 e. The number of ether oxygens (including phenoxy) is 1. The first kappa shape index (κ1) is 11.1. The molecule has 5 nitrogen and oxygen atoms in total. The lowest BCUT2D eigenvalue weighted by atomic mass is 10.5. The van der Waals surface area contributed by atoms with Gasteiger partial charge in [0.1, 0.15) is 0 Å². The summed E-state index contributed by atoms with van der Waals surface area (Å²) in [4.78, 5) is 0. The van der Waals surface area contributed by atoms with E-state index in [-0.39, 0.29) is 12.7 Å². The van der Waals surface area contributed by atoms with Crippen molar-refractivity contribution in [3.63, 3.8) is 0 Å². The molecule has 1 saturated heterocycles. The second-order valence-electron chi connectivity index (χ2n) is 2.69. The van der Waals surface area contributed by atoms with Gasteiger partial charge in [-0.05, 0) is 13.8 Å². The monoisotopic (exact) mass is 210 g/mol. The van der Waals surface area contributed by atoms with Gasteiger partial charge in [0.2, 0.25) is 0 Å². The Kier molecular flexibility index (Phi) is 4.35. The van der Waals surface area contributed by atoms with Gasteiger partial charge < -0.3 is 4.74 Å². The Morgan fingerprint density at radius 2 is 2.31 bits per heavy atom. The lowest BCUT2D eigenvalue weighted by Crippen LogP contribution is -2.03. The lowest BCUT2D eigenvalue weighted by Gasteiger charge is -2.09. The molecule has 0 spiro atoms. The van der Waals surface area contributed by atoms with Crippen molar-refractivity contribution in [2.45, 2.75) is 20.0 Å². The molecular weight excluding hydrogens is 195 g/mol. The molecule has 1 fully saturated rings. The summed E-state index contributed by atoms with van der Waals surface area (Å²) in [6.45, 7) is 5.25. The third-order valence-electron chi connectivity index (χ3n) is 1.46. The number of phosphoric acid groups is 1. The largest absolute Gasteiger partial charge is 0.475 e.